The van der Waals surface area contributed by atoms with E-state index in [4.69, 9.17) is 19.9 Å². The minimum Gasteiger partial charge on any atom is -0.492 e. The zero-order chi connectivity index (χ0) is 16.8. The Bertz CT molecular complexity index is 724. The summed E-state index contributed by atoms with van der Waals surface area (Å²) in [5.74, 6) is 2.06. The summed E-state index contributed by atoms with van der Waals surface area (Å²) in [7, 11) is 0. The zero-order valence-electron chi connectivity index (χ0n) is 13.7. The van der Waals surface area contributed by atoms with Crippen molar-refractivity contribution in [1.29, 1.82) is 0 Å². The van der Waals surface area contributed by atoms with Gasteiger partial charge in [0.2, 0.25) is 12.7 Å². The zero-order valence-corrected chi connectivity index (χ0v) is 14.5. The SMILES string of the molecule is Cl.Nc1ccccc1CCC(=O)NCCOc1ccc2c(c1)OCO2. The molecule has 0 aliphatic carbocycles. The normalized spacial score (nSPS) is 11.5. The van der Waals surface area contributed by atoms with Gasteiger partial charge in [-0.2, -0.15) is 0 Å². The fourth-order valence-electron chi connectivity index (χ4n) is 2.42. The molecule has 134 valence electrons. The fraction of sp³-hybridized carbons (Fsp3) is 0.278. The minimum atomic E-state index is -0.0208. The van der Waals surface area contributed by atoms with E-state index < -0.39 is 0 Å². The van der Waals surface area contributed by atoms with Gasteiger partial charge in [-0.05, 0) is 30.2 Å². The van der Waals surface area contributed by atoms with Gasteiger partial charge in [-0.3, -0.25) is 4.79 Å². The average Bonchev–Trinajstić information content (AvgIpc) is 3.06. The van der Waals surface area contributed by atoms with Crippen LogP contribution in [0.15, 0.2) is 42.5 Å². The lowest BCUT2D eigenvalue weighted by atomic mass is 10.1. The van der Waals surface area contributed by atoms with E-state index in [1.54, 1.807) is 12.1 Å². The predicted octanol–water partition coefficient (Wildman–Crippen LogP) is 2.55. The van der Waals surface area contributed by atoms with E-state index in [1.807, 2.05) is 30.3 Å². The molecule has 0 spiro atoms. The van der Waals surface area contributed by atoms with E-state index in [2.05, 4.69) is 5.32 Å². The molecule has 0 unspecified atom stereocenters. The number of nitrogens with one attached hydrogen (secondary N) is 1. The summed E-state index contributed by atoms with van der Waals surface area (Å²) in [5, 5.41) is 2.83. The van der Waals surface area contributed by atoms with Gasteiger partial charge in [-0.15, -0.1) is 12.4 Å². The molecule has 2 aromatic carbocycles. The van der Waals surface area contributed by atoms with Crippen LogP contribution in [0.2, 0.25) is 0 Å². The van der Waals surface area contributed by atoms with Crippen LogP contribution in [0.25, 0.3) is 0 Å². The number of hydrogen-bond donors (Lipinski definition) is 2. The Balaban J connectivity index is 0.00000225. The Kier molecular flexibility index (Phi) is 6.77. The van der Waals surface area contributed by atoms with Crippen molar-refractivity contribution in [2.45, 2.75) is 12.8 Å². The molecule has 0 saturated carbocycles. The van der Waals surface area contributed by atoms with Crippen molar-refractivity contribution in [2.75, 3.05) is 25.7 Å². The fourth-order valence-corrected chi connectivity index (χ4v) is 2.42. The van der Waals surface area contributed by atoms with Gasteiger partial charge in [-0.25, -0.2) is 0 Å². The molecule has 0 aromatic heterocycles. The quantitative estimate of drug-likeness (QED) is 0.582. The Morgan fingerprint density at radius 2 is 1.96 bits per heavy atom. The Hall–Kier alpha value is -2.60. The number of ether oxygens (including phenoxy) is 3. The standard InChI is InChI=1S/C18H20N2O4.ClH/c19-15-4-2-1-3-13(15)5-8-18(21)20-9-10-22-14-6-7-16-17(11-14)24-12-23-16;/h1-4,6-7,11H,5,8-10,12,19H2,(H,20,21);1H. The number of nitrogen functional groups attached to an aromatic ring is 1. The van der Waals surface area contributed by atoms with Gasteiger partial charge in [-0.1, -0.05) is 18.2 Å². The molecule has 2 aromatic rings. The maximum atomic E-state index is 11.8. The monoisotopic (exact) mass is 364 g/mol. The van der Waals surface area contributed by atoms with Crippen LogP contribution >= 0.6 is 12.4 Å². The second kappa shape index (κ2) is 9.03. The number of aryl methyl sites for hydroxylation is 1. The minimum absolute atomic E-state index is 0. The molecule has 0 radical (unpaired) electrons. The molecule has 25 heavy (non-hydrogen) atoms. The predicted molar refractivity (Wildman–Crippen MR) is 97.5 cm³/mol. The number of carbonyl (C=O) groups excluding carboxylic acids is 1. The summed E-state index contributed by atoms with van der Waals surface area (Å²) in [5.41, 5.74) is 7.57. The van der Waals surface area contributed by atoms with Gasteiger partial charge in [0.05, 0.1) is 6.54 Å². The molecular formula is C18H21ClN2O4. The highest BCUT2D eigenvalue weighted by atomic mass is 35.5. The lowest BCUT2D eigenvalue weighted by molar-refractivity contribution is -0.121. The van der Waals surface area contributed by atoms with E-state index in [1.165, 1.54) is 0 Å². The topological polar surface area (TPSA) is 82.8 Å². The number of halogens is 1. The summed E-state index contributed by atoms with van der Waals surface area (Å²) in [6.45, 7) is 1.07. The molecule has 3 rings (SSSR count). The number of fused-ring (bicyclic) bond motifs is 1. The molecule has 3 N–H and O–H groups in total. The van der Waals surface area contributed by atoms with E-state index in [9.17, 15) is 4.79 Å². The van der Waals surface area contributed by atoms with Crippen molar-refractivity contribution in [3.8, 4) is 17.2 Å². The van der Waals surface area contributed by atoms with Crippen molar-refractivity contribution in [3.63, 3.8) is 0 Å². The van der Waals surface area contributed by atoms with Crippen molar-refractivity contribution in [1.82, 2.24) is 5.32 Å². The second-order valence-corrected chi connectivity index (χ2v) is 5.41. The molecule has 0 saturated heterocycles. The summed E-state index contributed by atoms with van der Waals surface area (Å²) in [6, 6.07) is 13.0. The highest BCUT2D eigenvalue weighted by Gasteiger charge is 2.13. The molecular weight excluding hydrogens is 344 g/mol. The maximum Gasteiger partial charge on any atom is 0.231 e. The number of anilines is 1. The van der Waals surface area contributed by atoms with Crippen LogP contribution < -0.4 is 25.3 Å². The van der Waals surface area contributed by atoms with Gasteiger partial charge in [0.1, 0.15) is 12.4 Å². The number of hydrogen-bond acceptors (Lipinski definition) is 5. The average molecular weight is 365 g/mol. The van der Waals surface area contributed by atoms with Gasteiger partial charge >= 0.3 is 0 Å². The maximum absolute atomic E-state index is 11.8. The van der Waals surface area contributed by atoms with Gasteiger partial charge in [0.25, 0.3) is 0 Å². The summed E-state index contributed by atoms with van der Waals surface area (Å²) < 4.78 is 16.1. The molecule has 1 amide bonds. The molecule has 0 bridgehead atoms. The van der Waals surface area contributed by atoms with Gasteiger partial charge in [0, 0.05) is 18.2 Å². The van der Waals surface area contributed by atoms with Crippen LogP contribution in [0.3, 0.4) is 0 Å². The molecule has 7 heteroatoms. The van der Waals surface area contributed by atoms with Crippen molar-refractivity contribution < 1.29 is 19.0 Å². The lowest BCUT2D eigenvalue weighted by Gasteiger charge is -2.09. The molecule has 1 aliphatic rings. The smallest absolute Gasteiger partial charge is 0.231 e. The molecule has 6 nitrogen and oxygen atoms in total. The third-order valence-corrected chi connectivity index (χ3v) is 3.71. The number of nitrogens with two attached hydrogens (primary N) is 1. The first-order valence-corrected chi connectivity index (χ1v) is 7.85. The lowest BCUT2D eigenvalue weighted by Crippen LogP contribution is -2.28. The van der Waals surface area contributed by atoms with Crippen LogP contribution in [0.4, 0.5) is 5.69 Å². The van der Waals surface area contributed by atoms with Gasteiger partial charge in [0.15, 0.2) is 11.5 Å². The second-order valence-electron chi connectivity index (χ2n) is 5.41. The Morgan fingerprint density at radius 1 is 1.16 bits per heavy atom. The third kappa shape index (κ3) is 5.19. The van der Waals surface area contributed by atoms with Crippen LogP contribution in [-0.4, -0.2) is 25.9 Å². The molecule has 0 fully saturated rings. The first-order valence-electron chi connectivity index (χ1n) is 7.85. The summed E-state index contributed by atoms with van der Waals surface area (Å²) in [4.78, 5) is 11.8. The first-order chi connectivity index (χ1) is 11.7. The van der Waals surface area contributed by atoms with E-state index in [0.717, 1.165) is 17.0 Å². The van der Waals surface area contributed by atoms with Crippen molar-refractivity contribution in [3.05, 3.63) is 48.0 Å². The number of carbonyl (C=O) groups is 1. The van der Waals surface area contributed by atoms with Crippen LogP contribution in [-0.2, 0) is 11.2 Å². The first kappa shape index (κ1) is 18.7. The number of rotatable bonds is 7. The van der Waals surface area contributed by atoms with Crippen LogP contribution in [0.1, 0.15) is 12.0 Å². The highest BCUT2D eigenvalue weighted by molar-refractivity contribution is 5.85. The molecule has 1 aliphatic heterocycles. The number of para-hydroxylation sites is 1. The summed E-state index contributed by atoms with van der Waals surface area (Å²) >= 11 is 0. The Morgan fingerprint density at radius 3 is 2.80 bits per heavy atom. The third-order valence-electron chi connectivity index (χ3n) is 3.71. The van der Waals surface area contributed by atoms with E-state index in [0.29, 0.717) is 37.5 Å². The largest absolute Gasteiger partial charge is 0.492 e. The van der Waals surface area contributed by atoms with E-state index in [-0.39, 0.29) is 25.1 Å². The number of benzene rings is 2. The molecule has 1 heterocycles. The number of amides is 1. The molecule has 0 atom stereocenters. The van der Waals surface area contributed by atoms with E-state index >= 15 is 0 Å². The summed E-state index contributed by atoms with van der Waals surface area (Å²) in [6.07, 6.45) is 1.03. The van der Waals surface area contributed by atoms with Crippen LogP contribution in [0, 0.1) is 0 Å². The highest BCUT2D eigenvalue weighted by Crippen LogP contribution is 2.34. The Labute approximate surface area is 152 Å². The van der Waals surface area contributed by atoms with Crippen molar-refractivity contribution >= 4 is 24.0 Å². The van der Waals surface area contributed by atoms with Gasteiger partial charge < -0.3 is 25.3 Å². The van der Waals surface area contributed by atoms with Crippen LogP contribution in [0.5, 0.6) is 17.2 Å². The van der Waals surface area contributed by atoms with Crippen molar-refractivity contribution in [2.24, 2.45) is 0 Å².